The van der Waals surface area contributed by atoms with Gasteiger partial charge in [0, 0.05) is 18.7 Å². The van der Waals surface area contributed by atoms with Crippen molar-refractivity contribution in [3.8, 4) is 0 Å². The number of likely N-dealkylation sites (tertiary alicyclic amines) is 1. The van der Waals surface area contributed by atoms with Crippen molar-refractivity contribution in [1.29, 1.82) is 0 Å². The molecular weight excluding hydrogens is 324 g/mol. The minimum atomic E-state index is -1.19. The van der Waals surface area contributed by atoms with Crippen LogP contribution in [0.2, 0.25) is 0 Å². The van der Waals surface area contributed by atoms with Crippen LogP contribution in [0, 0.1) is 0 Å². The Morgan fingerprint density at radius 2 is 2.00 bits per heavy atom. The Balaban J connectivity index is 2.68. The minimum Gasteiger partial charge on any atom is -0.480 e. The number of aliphatic carboxylic acids is 1. The van der Waals surface area contributed by atoms with Crippen molar-refractivity contribution >= 4 is 36.3 Å². The SMILES string of the molecule is NC(=O)CCC(N)C(=O)N1CCCC1C(=O)NC(CS)C(=O)O. The second-order valence-electron chi connectivity index (χ2n) is 5.38. The molecule has 1 heterocycles. The molecule has 1 rings (SSSR count). The summed E-state index contributed by atoms with van der Waals surface area (Å²) in [6.45, 7) is 0.361. The van der Waals surface area contributed by atoms with Crippen molar-refractivity contribution in [2.45, 2.75) is 43.8 Å². The average molecular weight is 346 g/mol. The van der Waals surface area contributed by atoms with Crippen LogP contribution in [0.5, 0.6) is 0 Å². The summed E-state index contributed by atoms with van der Waals surface area (Å²) < 4.78 is 0. The lowest BCUT2D eigenvalue weighted by molar-refractivity contribution is -0.143. The molecule has 0 radical (unpaired) electrons. The molecule has 1 saturated heterocycles. The molecule has 6 N–H and O–H groups in total. The Hall–Kier alpha value is -1.81. The van der Waals surface area contributed by atoms with Gasteiger partial charge in [0.2, 0.25) is 17.7 Å². The molecule has 0 bridgehead atoms. The van der Waals surface area contributed by atoms with Crippen molar-refractivity contribution in [1.82, 2.24) is 10.2 Å². The third-order valence-electron chi connectivity index (χ3n) is 3.65. The number of rotatable bonds is 8. The van der Waals surface area contributed by atoms with E-state index in [-0.39, 0.29) is 18.6 Å². The Morgan fingerprint density at radius 1 is 1.35 bits per heavy atom. The normalized spacial score (nSPS) is 19.9. The van der Waals surface area contributed by atoms with Crippen LogP contribution in [0.15, 0.2) is 0 Å². The summed E-state index contributed by atoms with van der Waals surface area (Å²) in [6, 6.07) is -2.80. The van der Waals surface area contributed by atoms with E-state index in [1.54, 1.807) is 0 Å². The predicted octanol–water partition coefficient (Wildman–Crippen LogP) is -1.93. The number of thiol groups is 1. The van der Waals surface area contributed by atoms with Gasteiger partial charge in [-0.1, -0.05) is 0 Å². The van der Waals surface area contributed by atoms with Gasteiger partial charge in [0.15, 0.2) is 0 Å². The third kappa shape index (κ3) is 5.39. The molecule has 0 saturated carbocycles. The molecule has 0 aromatic heterocycles. The lowest BCUT2D eigenvalue weighted by Crippen LogP contribution is -2.54. The van der Waals surface area contributed by atoms with Crippen LogP contribution in [0.25, 0.3) is 0 Å². The molecule has 9 nitrogen and oxygen atoms in total. The lowest BCUT2D eigenvalue weighted by atomic mass is 10.1. The first-order valence-corrected chi connectivity index (χ1v) is 7.89. The van der Waals surface area contributed by atoms with Crippen molar-refractivity contribution in [2.24, 2.45) is 11.5 Å². The fraction of sp³-hybridized carbons (Fsp3) is 0.692. The van der Waals surface area contributed by atoms with Gasteiger partial charge in [0.25, 0.3) is 0 Å². The summed E-state index contributed by atoms with van der Waals surface area (Å²) in [4.78, 5) is 47.5. The second kappa shape index (κ2) is 8.73. The summed E-state index contributed by atoms with van der Waals surface area (Å²) in [6.07, 6.45) is 1.13. The molecule has 3 unspecified atom stereocenters. The zero-order valence-electron chi connectivity index (χ0n) is 12.6. The maximum Gasteiger partial charge on any atom is 0.327 e. The highest BCUT2D eigenvalue weighted by atomic mass is 32.1. The monoisotopic (exact) mass is 346 g/mol. The Labute approximate surface area is 139 Å². The molecular formula is C13H22N4O5S. The topological polar surface area (TPSA) is 156 Å². The van der Waals surface area contributed by atoms with Crippen molar-refractivity contribution in [2.75, 3.05) is 12.3 Å². The molecule has 3 atom stereocenters. The highest BCUT2D eigenvalue weighted by Gasteiger charge is 2.37. The summed E-state index contributed by atoms with van der Waals surface area (Å²) in [5.41, 5.74) is 10.8. The first-order chi connectivity index (χ1) is 10.8. The number of nitrogens with one attached hydrogen (secondary N) is 1. The quantitative estimate of drug-likeness (QED) is 0.322. The number of hydrogen-bond acceptors (Lipinski definition) is 6. The molecule has 10 heteroatoms. The molecule has 0 aromatic carbocycles. The Morgan fingerprint density at radius 3 is 2.52 bits per heavy atom. The molecule has 1 aliphatic heterocycles. The maximum atomic E-state index is 12.3. The highest BCUT2D eigenvalue weighted by molar-refractivity contribution is 7.80. The number of primary amides is 1. The number of hydrogen-bond donors (Lipinski definition) is 5. The molecule has 0 aliphatic carbocycles. The Kier molecular flexibility index (Phi) is 7.30. The molecule has 3 amide bonds. The van der Waals surface area contributed by atoms with Crippen molar-refractivity contribution in [3.63, 3.8) is 0 Å². The van der Waals surface area contributed by atoms with Crippen LogP contribution >= 0.6 is 12.6 Å². The van der Waals surface area contributed by atoms with Gasteiger partial charge in [-0.15, -0.1) is 0 Å². The van der Waals surface area contributed by atoms with E-state index in [9.17, 15) is 19.2 Å². The van der Waals surface area contributed by atoms with E-state index in [0.29, 0.717) is 19.4 Å². The van der Waals surface area contributed by atoms with E-state index in [1.807, 2.05) is 0 Å². The van der Waals surface area contributed by atoms with Gasteiger partial charge in [-0.3, -0.25) is 14.4 Å². The summed E-state index contributed by atoms with van der Waals surface area (Å²) in [7, 11) is 0. The van der Waals surface area contributed by atoms with E-state index >= 15 is 0 Å². The first kappa shape index (κ1) is 19.2. The number of carboxylic acids is 1. The highest BCUT2D eigenvalue weighted by Crippen LogP contribution is 2.19. The summed E-state index contributed by atoms with van der Waals surface area (Å²) in [5, 5.41) is 11.3. The first-order valence-electron chi connectivity index (χ1n) is 7.26. The van der Waals surface area contributed by atoms with Crippen LogP contribution in [-0.2, 0) is 19.2 Å². The molecule has 0 aromatic rings. The summed E-state index contributed by atoms with van der Waals surface area (Å²) in [5.74, 6) is -2.79. The Bertz CT molecular complexity index is 487. The van der Waals surface area contributed by atoms with Gasteiger partial charge < -0.3 is 26.8 Å². The van der Waals surface area contributed by atoms with Crippen LogP contribution in [0.4, 0.5) is 0 Å². The van der Waals surface area contributed by atoms with E-state index < -0.39 is 41.8 Å². The largest absolute Gasteiger partial charge is 0.480 e. The fourth-order valence-electron chi connectivity index (χ4n) is 2.39. The minimum absolute atomic E-state index is 0.0155. The number of carbonyl (C=O) groups is 4. The van der Waals surface area contributed by atoms with Crippen LogP contribution in [-0.4, -0.2) is 64.1 Å². The number of amides is 3. The lowest BCUT2D eigenvalue weighted by Gasteiger charge is -2.27. The van der Waals surface area contributed by atoms with Crippen LogP contribution < -0.4 is 16.8 Å². The zero-order chi connectivity index (χ0) is 17.6. The zero-order valence-corrected chi connectivity index (χ0v) is 13.5. The average Bonchev–Trinajstić information content (AvgIpc) is 2.98. The van der Waals surface area contributed by atoms with Gasteiger partial charge in [-0.2, -0.15) is 12.6 Å². The fourth-order valence-corrected chi connectivity index (χ4v) is 2.64. The maximum absolute atomic E-state index is 12.3. The number of carboxylic acid groups (broad SMARTS) is 1. The third-order valence-corrected chi connectivity index (χ3v) is 4.02. The van der Waals surface area contributed by atoms with E-state index in [0.717, 1.165) is 0 Å². The molecule has 1 aliphatic rings. The van der Waals surface area contributed by atoms with Crippen molar-refractivity contribution in [3.05, 3.63) is 0 Å². The van der Waals surface area contributed by atoms with Crippen LogP contribution in [0.1, 0.15) is 25.7 Å². The van der Waals surface area contributed by atoms with Gasteiger partial charge in [-0.25, -0.2) is 4.79 Å². The number of nitrogens with zero attached hydrogens (tertiary/aromatic N) is 1. The standard InChI is InChI=1S/C13H22N4O5S/c14-7(3-4-10(15)18)12(20)17-5-1-2-9(17)11(19)16-8(6-23)13(21)22/h7-9,23H,1-6,14H2,(H2,15,18)(H,16,19)(H,21,22). The van der Waals surface area contributed by atoms with Gasteiger partial charge >= 0.3 is 5.97 Å². The smallest absolute Gasteiger partial charge is 0.327 e. The van der Waals surface area contributed by atoms with Gasteiger partial charge in [-0.05, 0) is 19.3 Å². The van der Waals surface area contributed by atoms with Gasteiger partial charge in [0.1, 0.15) is 12.1 Å². The predicted molar refractivity (Wildman–Crippen MR) is 84.6 cm³/mol. The van der Waals surface area contributed by atoms with Crippen molar-refractivity contribution < 1.29 is 24.3 Å². The number of carbonyl (C=O) groups excluding carboxylic acids is 3. The molecule has 1 fully saturated rings. The molecule has 0 spiro atoms. The van der Waals surface area contributed by atoms with E-state index in [2.05, 4.69) is 17.9 Å². The van der Waals surface area contributed by atoms with Gasteiger partial charge in [0.05, 0.1) is 6.04 Å². The second-order valence-corrected chi connectivity index (χ2v) is 5.75. The van der Waals surface area contributed by atoms with Crippen LogP contribution in [0.3, 0.4) is 0 Å². The molecule has 23 heavy (non-hydrogen) atoms. The van der Waals surface area contributed by atoms with E-state index in [4.69, 9.17) is 16.6 Å². The summed E-state index contributed by atoms with van der Waals surface area (Å²) >= 11 is 3.87. The molecule has 130 valence electrons. The number of nitrogens with two attached hydrogens (primary N) is 2. The van der Waals surface area contributed by atoms with E-state index in [1.165, 1.54) is 4.90 Å².